The lowest BCUT2D eigenvalue weighted by atomic mass is 10.6. The number of hydrogen-bond donors (Lipinski definition) is 0. The van der Waals surface area contributed by atoms with Crippen LogP contribution in [0.1, 0.15) is 6.42 Å². The molecule has 0 aromatic rings. The predicted molar refractivity (Wildman–Crippen MR) is 51.3 cm³/mol. The van der Waals surface area contributed by atoms with Crippen molar-refractivity contribution in [3.8, 4) is 0 Å². The Hall–Kier alpha value is -0.290. The van der Waals surface area contributed by atoms with Gasteiger partial charge in [0.1, 0.15) is 6.34 Å². The number of halogens is 1. The second kappa shape index (κ2) is 5.37. The highest BCUT2D eigenvalue weighted by molar-refractivity contribution is 7.90. The molecule has 0 aliphatic heterocycles. The van der Waals surface area contributed by atoms with E-state index in [1.165, 1.54) is 6.34 Å². The fourth-order valence-corrected chi connectivity index (χ4v) is 1.69. The van der Waals surface area contributed by atoms with Crippen LogP contribution in [-0.4, -0.2) is 45.4 Å². The Kier molecular flexibility index (Phi) is 5.24. The van der Waals surface area contributed by atoms with E-state index in [0.717, 1.165) is 0 Å². The van der Waals surface area contributed by atoms with Crippen LogP contribution in [0.15, 0.2) is 4.40 Å². The molecule has 0 saturated carbocycles. The van der Waals surface area contributed by atoms with E-state index in [0.29, 0.717) is 12.3 Å². The summed E-state index contributed by atoms with van der Waals surface area (Å²) in [6.45, 7) is 0. The third-order valence-electron chi connectivity index (χ3n) is 0.975. The van der Waals surface area contributed by atoms with Crippen molar-refractivity contribution in [3.05, 3.63) is 0 Å². The molecule has 0 bridgehead atoms. The first kappa shape index (κ1) is 11.7. The van der Waals surface area contributed by atoms with Gasteiger partial charge in [0.15, 0.2) is 0 Å². The molecule has 0 N–H and O–H groups in total. The Morgan fingerprint density at radius 2 is 2.08 bits per heavy atom. The summed E-state index contributed by atoms with van der Waals surface area (Å²) in [5, 5.41) is 0. The fraction of sp³-hybridized carbons (Fsp3) is 0.833. The van der Waals surface area contributed by atoms with Gasteiger partial charge in [-0.1, -0.05) is 0 Å². The first-order valence-electron chi connectivity index (χ1n) is 3.48. The Morgan fingerprint density at radius 1 is 1.50 bits per heavy atom. The molecule has 0 aromatic carbocycles. The Balaban J connectivity index is 4.05. The molecular formula is C6H13ClN2O2S. The summed E-state index contributed by atoms with van der Waals surface area (Å²) >= 11 is 5.34. The summed E-state index contributed by atoms with van der Waals surface area (Å²) in [5.74, 6) is 0.359. The van der Waals surface area contributed by atoms with E-state index in [1.54, 1.807) is 19.0 Å². The van der Waals surface area contributed by atoms with Gasteiger partial charge in [0.25, 0.3) is 10.0 Å². The van der Waals surface area contributed by atoms with Crippen molar-refractivity contribution < 1.29 is 8.42 Å². The van der Waals surface area contributed by atoms with Crippen molar-refractivity contribution >= 4 is 28.0 Å². The van der Waals surface area contributed by atoms with E-state index >= 15 is 0 Å². The van der Waals surface area contributed by atoms with Gasteiger partial charge < -0.3 is 4.90 Å². The molecule has 0 rings (SSSR count). The van der Waals surface area contributed by atoms with Crippen LogP contribution >= 0.6 is 11.6 Å². The normalized spacial score (nSPS) is 12.2. The number of hydrogen-bond acceptors (Lipinski definition) is 2. The summed E-state index contributed by atoms with van der Waals surface area (Å²) in [5.41, 5.74) is 0. The lowest BCUT2D eigenvalue weighted by Crippen LogP contribution is -2.11. The lowest BCUT2D eigenvalue weighted by molar-refractivity contribution is 0.593. The molecule has 6 heteroatoms. The van der Waals surface area contributed by atoms with Crippen molar-refractivity contribution in [2.75, 3.05) is 25.7 Å². The molecule has 0 heterocycles. The lowest BCUT2D eigenvalue weighted by Gasteiger charge is -2.01. The number of alkyl halides is 1. The minimum atomic E-state index is -3.30. The molecule has 0 atom stereocenters. The topological polar surface area (TPSA) is 49.7 Å². The van der Waals surface area contributed by atoms with Gasteiger partial charge in [-0.05, 0) is 6.42 Å². The van der Waals surface area contributed by atoms with Crippen LogP contribution in [0.5, 0.6) is 0 Å². The van der Waals surface area contributed by atoms with Crippen molar-refractivity contribution in [2.24, 2.45) is 4.40 Å². The maximum atomic E-state index is 11.0. The van der Waals surface area contributed by atoms with Gasteiger partial charge in [-0.25, -0.2) is 8.42 Å². The molecule has 0 aromatic heterocycles. The Morgan fingerprint density at radius 3 is 2.50 bits per heavy atom. The molecular weight excluding hydrogens is 200 g/mol. The summed E-state index contributed by atoms with van der Waals surface area (Å²) in [6.07, 6.45) is 1.71. The van der Waals surface area contributed by atoms with Gasteiger partial charge in [-0.3, -0.25) is 0 Å². The zero-order valence-corrected chi connectivity index (χ0v) is 8.77. The molecule has 0 unspecified atom stereocenters. The third kappa shape index (κ3) is 6.42. The molecule has 0 aliphatic carbocycles. The van der Waals surface area contributed by atoms with E-state index in [4.69, 9.17) is 11.6 Å². The smallest absolute Gasteiger partial charge is 0.254 e. The van der Waals surface area contributed by atoms with Gasteiger partial charge in [0.05, 0.1) is 5.75 Å². The second-order valence-corrected chi connectivity index (χ2v) is 4.67. The number of nitrogens with zero attached hydrogens (tertiary/aromatic N) is 2. The monoisotopic (exact) mass is 212 g/mol. The molecule has 0 fully saturated rings. The van der Waals surface area contributed by atoms with E-state index < -0.39 is 10.0 Å². The van der Waals surface area contributed by atoms with E-state index in [-0.39, 0.29) is 5.75 Å². The maximum absolute atomic E-state index is 11.0. The van der Waals surface area contributed by atoms with E-state index in [1.807, 2.05) is 0 Å². The van der Waals surface area contributed by atoms with Gasteiger partial charge in [-0.2, -0.15) is 4.40 Å². The summed E-state index contributed by atoms with van der Waals surface area (Å²) in [4.78, 5) is 1.57. The van der Waals surface area contributed by atoms with Crippen LogP contribution in [0, 0.1) is 0 Å². The Bertz CT molecular complexity index is 236. The number of rotatable bonds is 5. The largest absolute Gasteiger partial charge is 0.368 e. The van der Waals surface area contributed by atoms with Crippen LogP contribution in [0.4, 0.5) is 0 Å². The summed E-state index contributed by atoms with van der Waals surface area (Å²) < 4.78 is 25.4. The average molecular weight is 213 g/mol. The quantitative estimate of drug-likeness (QED) is 0.380. The number of sulfonamides is 1. The van der Waals surface area contributed by atoms with Crippen LogP contribution in [-0.2, 0) is 10.0 Å². The van der Waals surface area contributed by atoms with Crippen LogP contribution in [0.25, 0.3) is 0 Å². The molecule has 0 radical (unpaired) electrons. The van der Waals surface area contributed by atoms with E-state index in [9.17, 15) is 8.42 Å². The molecule has 12 heavy (non-hydrogen) atoms. The summed E-state index contributed by atoms with van der Waals surface area (Å²) in [7, 11) is 0.122. The highest BCUT2D eigenvalue weighted by atomic mass is 35.5. The van der Waals surface area contributed by atoms with Crippen molar-refractivity contribution in [1.29, 1.82) is 0 Å². The molecule has 0 amide bonds. The van der Waals surface area contributed by atoms with Gasteiger partial charge >= 0.3 is 0 Å². The fourth-order valence-electron chi connectivity index (χ4n) is 0.456. The Labute approximate surface area is 78.3 Å². The first-order valence-corrected chi connectivity index (χ1v) is 5.63. The van der Waals surface area contributed by atoms with Crippen molar-refractivity contribution in [1.82, 2.24) is 4.90 Å². The van der Waals surface area contributed by atoms with E-state index in [2.05, 4.69) is 4.40 Å². The minimum Gasteiger partial charge on any atom is -0.368 e. The molecule has 72 valence electrons. The zero-order valence-electron chi connectivity index (χ0n) is 7.20. The highest BCUT2D eigenvalue weighted by Gasteiger charge is 2.05. The van der Waals surface area contributed by atoms with Gasteiger partial charge in [0.2, 0.25) is 0 Å². The molecule has 0 aliphatic rings. The summed E-state index contributed by atoms with van der Waals surface area (Å²) in [6, 6.07) is 0. The molecule has 0 saturated heterocycles. The first-order chi connectivity index (χ1) is 5.48. The minimum absolute atomic E-state index is 0.0147. The molecule has 4 nitrogen and oxygen atoms in total. The van der Waals surface area contributed by atoms with Gasteiger partial charge in [0, 0.05) is 20.0 Å². The van der Waals surface area contributed by atoms with Crippen LogP contribution in [0.3, 0.4) is 0 Å². The van der Waals surface area contributed by atoms with Gasteiger partial charge in [-0.15, -0.1) is 11.6 Å². The van der Waals surface area contributed by atoms with Crippen molar-refractivity contribution in [3.63, 3.8) is 0 Å². The molecule has 0 spiro atoms. The average Bonchev–Trinajstić information content (AvgIpc) is 1.98. The SMILES string of the molecule is CN(C)/C=N/S(=O)(=O)CCCCl. The third-order valence-corrected chi connectivity index (χ3v) is 2.46. The van der Waals surface area contributed by atoms with Crippen LogP contribution < -0.4 is 0 Å². The maximum Gasteiger partial charge on any atom is 0.254 e. The predicted octanol–water partition coefficient (Wildman–Crippen LogP) is 0.535. The zero-order chi connectivity index (χ0) is 9.61. The van der Waals surface area contributed by atoms with Crippen molar-refractivity contribution in [2.45, 2.75) is 6.42 Å². The highest BCUT2D eigenvalue weighted by Crippen LogP contribution is 1.96. The van der Waals surface area contributed by atoms with Crippen LogP contribution in [0.2, 0.25) is 0 Å². The standard InChI is InChI=1S/C6H13ClN2O2S/c1-9(2)6-8-12(10,11)5-3-4-7/h6H,3-5H2,1-2H3/b8-6+. The second-order valence-electron chi connectivity index (χ2n) is 2.51.